The van der Waals surface area contributed by atoms with E-state index in [-0.39, 0.29) is 5.91 Å². The van der Waals surface area contributed by atoms with Crippen LogP contribution in [0.25, 0.3) is 11.0 Å². The Bertz CT molecular complexity index is 698. The molecular formula is C12H9N3OS. The SMILES string of the molecule is Cc1cc(C(=O)n2nnc3ccccc32)cs1. The maximum Gasteiger partial charge on any atom is 0.281 e. The van der Waals surface area contributed by atoms with Crippen LogP contribution in [-0.4, -0.2) is 20.9 Å². The van der Waals surface area contributed by atoms with Gasteiger partial charge in [-0.3, -0.25) is 4.79 Å². The lowest BCUT2D eigenvalue weighted by Crippen LogP contribution is -2.12. The minimum absolute atomic E-state index is 0.136. The van der Waals surface area contributed by atoms with Crippen LogP contribution in [0, 0.1) is 6.92 Å². The van der Waals surface area contributed by atoms with E-state index in [1.54, 1.807) is 11.3 Å². The second-order valence-electron chi connectivity index (χ2n) is 3.74. The van der Waals surface area contributed by atoms with Gasteiger partial charge in [-0.05, 0) is 25.1 Å². The van der Waals surface area contributed by atoms with Crippen LogP contribution in [0.1, 0.15) is 15.2 Å². The maximum atomic E-state index is 12.2. The molecule has 0 aliphatic carbocycles. The predicted octanol–water partition coefficient (Wildman–Crippen LogP) is 2.49. The summed E-state index contributed by atoms with van der Waals surface area (Å²) < 4.78 is 1.34. The number of fused-ring (bicyclic) bond motifs is 1. The Morgan fingerprint density at radius 3 is 2.94 bits per heavy atom. The largest absolute Gasteiger partial charge is 0.281 e. The van der Waals surface area contributed by atoms with E-state index in [0.29, 0.717) is 5.56 Å². The van der Waals surface area contributed by atoms with E-state index < -0.39 is 0 Å². The van der Waals surface area contributed by atoms with E-state index >= 15 is 0 Å². The molecule has 0 saturated carbocycles. The third-order valence-electron chi connectivity index (χ3n) is 2.52. The molecule has 3 aromatic rings. The Morgan fingerprint density at radius 1 is 1.35 bits per heavy atom. The monoisotopic (exact) mass is 243 g/mol. The van der Waals surface area contributed by atoms with Crippen molar-refractivity contribution >= 4 is 28.3 Å². The Hall–Kier alpha value is -2.01. The molecule has 0 unspecified atom stereocenters. The summed E-state index contributed by atoms with van der Waals surface area (Å²) in [4.78, 5) is 13.3. The molecule has 0 N–H and O–H groups in total. The van der Waals surface area contributed by atoms with Gasteiger partial charge in [0, 0.05) is 10.3 Å². The summed E-state index contributed by atoms with van der Waals surface area (Å²) in [5, 5.41) is 9.71. The van der Waals surface area contributed by atoms with E-state index in [1.165, 1.54) is 4.68 Å². The second-order valence-corrected chi connectivity index (χ2v) is 4.86. The molecule has 0 radical (unpaired) electrons. The van der Waals surface area contributed by atoms with Crippen molar-refractivity contribution in [2.45, 2.75) is 6.92 Å². The van der Waals surface area contributed by atoms with Gasteiger partial charge in [0.1, 0.15) is 5.52 Å². The summed E-state index contributed by atoms with van der Waals surface area (Å²) in [6.07, 6.45) is 0. The van der Waals surface area contributed by atoms with Gasteiger partial charge in [-0.25, -0.2) is 0 Å². The molecule has 2 aromatic heterocycles. The van der Waals surface area contributed by atoms with E-state index in [4.69, 9.17) is 0 Å². The minimum atomic E-state index is -0.136. The number of carbonyl (C=O) groups excluding carboxylic acids is 1. The molecule has 0 atom stereocenters. The normalized spacial score (nSPS) is 10.9. The van der Waals surface area contributed by atoms with Crippen LogP contribution < -0.4 is 0 Å². The number of carbonyl (C=O) groups is 1. The number of aromatic nitrogens is 3. The van der Waals surface area contributed by atoms with Gasteiger partial charge in [-0.15, -0.1) is 16.4 Å². The fraction of sp³-hybridized carbons (Fsp3) is 0.0833. The molecule has 4 nitrogen and oxygen atoms in total. The number of hydrogen-bond donors (Lipinski definition) is 0. The van der Waals surface area contributed by atoms with Crippen molar-refractivity contribution in [1.82, 2.24) is 15.0 Å². The van der Waals surface area contributed by atoms with Crippen molar-refractivity contribution in [2.24, 2.45) is 0 Å². The van der Waals surface area contributed by atoms with E-state index in [0.717, 1.165) is 15.9 Å². The standard InChI is InChI=1S/C12H9N3OS/c1-8-6-9(7-17-8)12(16)15-11-5-3-2-4-10(11)13-14-15/h2-7H,1H3. The molecule has 0 saturated heterocycles. The zero-order valence-corrected chi connectivity index (χ0v) is 9.94. The molecule has 0 bridgehead atoms. The van der Waals surface area contributed by atoms with E-state index in [2.05, 4.69) is 10.3 Å². The van der Waals surface area contributed by atoms with E-state index in [1.807, 2.05) is 42.6 Å². The van der Waals surface area contributed by atoms with Crippen molar-refractivity contribution in [3.8, 4) is 0 Å². The molecular weight excluding hydrogens is 234 g/mol. The minimum Gasteiger partial charge on any atom is -0.267 e. The summed E-state index contributed by atoms with van der Waals surface area (Å²) in [7, 11) is 0. The quantitative estimate of drug-likeness (QED) is 0.659. The number of rotatable bonds is 1. The smallest absolute Gasteiger partial charge is 0.267 e. The third kappa shape index (κ3) is 1.64. The average molecular weight is 243 g/mol. The Morgan fingerprint density at radius 2 is 2.18 bits per heavy atom. The number of benzene rings is 1. The number of nitrogens with zero attached hydrogens (tertiary/aromatic N) is 3. The fourth-order valence-corrected chi connectivity index (χ4v) is 2.37. The van der Waals surface area contributed by atoms with Gasteiger partial charge in [0.2, 0.25) is 0 Å². The van der Waals surface area contributed by atoms with E-state index in [9.17, 15) is 4.79 Å². The van der Waals surface area contributed by atoms with Gasteiger partial charge < -0.3 is 0 Å². The molecule has 1 aromatic carbocycles. The topological polar surface area (TPSA) is 47.8 Å². The van der Waals surface area contributed by atoms with Crippen molar-refractivity contribution < 1.29 is 4.79 Å². The van der Waals surface area contributed by atoms with Gasteiger partial charge >= 0.3 is 0 Å². The summed E-state index contributed by atoms with van der Waals surface area (Å²) in [6.45, 7) is 1.97. The first-order chi connectivity index (χ1) is 8.25. The Kier molecular flexibility index (Phi) is 2.26. The van der Waals surface area contributed by atoms with Crippen molar-refractivity contribution in [2.75, 3.05) is 0 Å². The van der Waals surface area contributed by atoms with Crippen LogP contribution in [-0.2, 0) is 0 Å². The summed E-state index contributed by atoms with van der Waals surface area (Å²) in [5.74, 6) is -0.136. The van der Waals surface area contributed by atoms with Gasteiger partial charge in [0.15, 0.2) is 0 Å². The highest BCUT2D eigenvalue weighted by Crippen LogP contribution is 2.16. The lowest BCUT2D eigenvalue weighted by Gasteiger charge is -1.97. The molecule has 3 rings (SSSR count). The number of para-hydroxylation sites is 1. The van der Waals surface area contributed by atoms with Crippen molar-refractivity contribution in [3.05, 3.63) is 46.2 Å². The number of aryl methyl sites for hydroxylation is 1. The van der Waals surface area contributed by atoms with Crippen molar-refractivity contribution in [3.63, 3.8) is 0 Å². The highest BCUT2D eigenvalue weighted by Gasteiger charge is 2.14. The lowest BCUT2D eigenvalue weighted by molar-refractivity contribution is 0.0948. The van der Waals surface area contributed by atoms with Gasteiger partial charge in [-0.2, -0.15) is 4.68 Å². The highest BCUT2D eigenvalue weighted by molar-refractivity contribution is 7.10. The first kappa shape index (κ1) is 10.2. The van der Waals surface area contributed by atoms with Gasteiger partial charge in [0.05, 0.1) is 11.1 Å². The van der Waals surface area contributed by atoms with Gasteiger partial charge in [-0.1, -0.05) is 17.3 Å². The Balaban J connectivity index is 2.13. The average Bonchev–Trinajstić information content (AvgIpc) is 2.94. The summed E-state index contributed by atoms with van der Waals surface area (Å²) in [6, 6.07) is 9.29. The summed E-state index contributed by atoms with van der Waals surface area (Å²) >= 11 is 1.55. The van der Waals surface area contributed by atoms with Crippen LogP contribution in [0.5, 0.6) is 0 Å². The highest BCUT2D eigenvalue weighted by atomic mass is 32.1. The molecule has 0 spiro atoms. The fourth-order valence-electron chi connectivity index (χ4n) is 1.70. The van der Waals surface area contributed by atoms with Crippen molar-refractivity contribution in [1.29, 1.82) is 0 Å². The second kappa shape index (κ2) is 3.78. The number of thiophene rings is 1. The molecule has 0 fully saturated rings. The number of hydrogen-bond acceptors (Lipinski definition) is 4. The van der Waals surface area contributed by atoms with Crippen LogP contribution in [0.3, 0.4) is 0 Å². The van der Waals surface area contributed by atoms with Gasteiger partial charge in [0.25, 0.3) is 5.91 Å². The molecule has 0 aliphatic rings. The van der Waals surface area contributed by atoms with Crippen LogP contribution in [0.15, 0.2) is 35.7 Å². The summed E-state index contributed by atoms with van der Waals surface area (Å²) in [5.41, 5.74) is 2.12. The first-order valence-corrected chi connectivity index (χ1v) is 6.04. The third-order valence-corrected chi connectivity index (χ3v) is 3.38. The molecule has 2 heterocycles. The maximum absolute atomic E-state index is 12.2. The predicted molar refractivity (Wildman–Crippen MR) is 66.3 cm³/mol. The van der Waals surface area contributed by atoms with Crippen LogP contribution >= 0.6 is 11.3 Å². The molecule has 0 amide bonds. The molecule has 0 aliphatic heterocycles. The molecule has 84 valence electrons. The zero-order valence-electron chi connectivity index (χ0n) is 9.12. The van der Waals surface area contributed by atoms with Crippen LogP contribution in [0.4, 0.5) is 0 Å². The molecule has 5 heteroatoms. The van der Waals surface area contributed by atoms with Crippen LogP contribution in [0.2, 0.25) is 0 Å². The molecule has 17 heavy (non-hydrogen) atoms. The first-order valence-electron chi connectivity index (χ1n) is 5.16. The Labute approximate surface area is 101 Å². The zero-order chi connectivity index (χ0) is 11.8. The lowest BCUT2D eigenvalue weighted by atomic mass is 10.3.